The molecular weight excluding hydrogens is 615 g/mol. The van der Waals surface area contributed by atoms with Gasteiger partial charge in [-0.1, -0.05) is 103 Å². The zero-order valence-corrected chi connectivity index (χ0v) is 26.9. The fourth-order valence-corrected chi connectivity index (χ4v) is 7.13. The van der Waals surface area contributed by atoms with E-state index in [0.717, 1.165) is 60.9 Å². The quantitative estimate of drug-likeness (QED) is 0.202. The molecule has 1 N–H and O–H groups in total. The van der Waals surface area contributed by atoms with Crippen molar-refractivity contribution in [3.8, 4) is 39.9 Å². The number of aromatic nitrogens is 4. The molecule has 6 heteroatoms. The SMILES string of the molecule is C1=CNCC(c2cc(-c3nc(-c4ccccc4)nc(-c4ccccc4)n3)c3oc4cc5c(cc4c3c2)c2ccccc2n5-c2ccccc2)=C1. The van der Waals surface area contributed by atoms with Crippen LogP contribution < -0.4 is 5.32 Å². The number of hydrogen-bond donors (Lipinski definition) is 1. The Bertz CT molecular complexity index is 2740. The van der Waals surface area contributed by atoms with Gasteiger partial charge in [0, 0.05) is 51.0 Å². The highest BCUT2D eigenvalue weighted by Crippen LogP contribution is 2.42. The summed E-state index contributed by atoms with van der Waals surface area (Å²) >= 11 is 0. The molecule has 0 spiro atoms. The van der Waals surface area contributed by atoms with Gasteiger partial charge in [-0.25, -0.2) is 15.0 Å². The van der Waals surface area contributed by atoms with Crippen LogP contribution in [0.4, 0.5) is 0 Å². The van der Waals surface area contributed by atoms with Gasteiger partial charge >= 0.3 is 0 Å². The van der Waals surface area contributed by atoms with Crippen molar-refractivity contribution in [1.29, 1.82) is 0 Å². The molecule has 50 heavy (non-hydrogen) atoms. The smallest absolute Gasteiger partial charge is 0.167 e. The first-order valence-electron chi connectivity index (χ1n) is 16.7. The molecule has 6 aromatic carbocycles. The van der Waals surface area contributed by atoms with E-state index in [1.807, 2.05) is 72.9 Å². The molecule has 236 valence electrons. The number of nitrogens with zero attached hydrogens (tertiary/aromatic N) is 4. The molecule has 0 fully saturated rings. The maximum absolute atomic E-state index is 6.90. The van der Waals surface area contributed by atoms with Crippen LogP contribution in [0.15, 0.2) is 162 Å². The third kappa shape index (κ3) is 4.61. The lowest BCUT2D eigenvalue weighted by molar-refractivity contribution is 0.670. The number of furan rings is 1. The Hall–Kier alpha value is -6.79. The van der Waals surface area contributed by atoms with E-state index in [-0.39, 0.29) is 0 Å². The molecule has 10 rings (SSSR count). The van der Waals surface area contributed by atoms with E-state index in [9.17, 15) is 0 Å². The van der Waals surface area contributed by atoms with Gasteiger partial charge in [0.05, 0.1) is 16.6 Å². The number of fused-ring (bicyclic) bond motifs is 6. The summed E-state index contributed by atoms with van der Waals surface area (Å²) in [5, 5.41) is 7.81. The van der Waals surface area contributed by atoms with E-state index in [0.29, 0.717) is 24.0 Å². The molecular formula is C44H29N5O. The highest BCUT2D eigenvalue weighted by molar-refractivity contribution is 6.19. The maximum Gasteiger partial charge on any atom is 0.167 e. The third-order valence-electron chi connectivity index (χ3n) is 9.49. The highest BCUT2D eigenvalue weighted by atomic mass is 16.3. The maximum atomic E-state index is 6.90. The van der Waals surface area contributed by atoms with E-state index in [1.165, 1.54) is 16.3 Å². The summed E-state index contributed by atoms with van der Waals surface area (Å²) in [6.07, 6.45) is 6.18. The first-order chi connectivity index (χ1) is 24.8. The van der Waals surface area contributed by atoms with Crippen LogP contribution in [0, 0.1) is 0 Å². The van der Waals surface area contributed by atoms with Gasteiger partial charge in [-0.2, -0.15) is 0 Å². The Morgan fingerprint density at radius 2 is 1.20 bits per heavy atom. The first kappa shape index (κ1) is 28.2. The Kier molecular flexibility index (Phi) is 6.45. The summed E-state index contributed by atoms with van der Waals surface area (Å²) in [6.45, 7) is 0.716. The number of hydrogen-bond acceptors (Lipinski definition) is 5. The van der Waals surface area contributed by atoms with Crippen molar-refractivity contribution in [2.45, 2.75) is 0 Å². The second kappa shape index (κ2) is 11.4. The lowest BCUT2D eigenvalue weighted by Crippen LogP contribution is -2.11. The molecule has 0 amide bonds. The van der Waals surface area contributed by atoms with Gasteiger partial charge in [0.2, 0.25) is 0 Å². The van der Waals surface area contributed by atoms with E-state index >= 15 is 0 Å². The lowest BCUT2D eigenvalue weighted by atomic mass is 9.97. The molecule has 9 aromatic rings. The topological polar surface area (TPSA) is 68.8 Å². The van der Waals surface area contributed by atoms with Crippen molar-refractivity contribution in [1.82, 2.24) is 24.8 Å². The Morgan fingerprint density at radius 3 is 1.90 bits per heavy atom. The van der Waals surface area contributed by atoms with Gasteiger partial charge in [-0.05, 0) is 59.8 Å². The van der Waals surface area contributed by atoms with Gasteiger partial charge in [-0.3, -0.25) is 0 Å². The number of allylic oxidation sites excluding steroid dienone is 2. The van der Waals surface area contributed by atoms with E-state index in [2.05, 4.69) is 94.8 Å². The molecule has 0 bridgehead atoms. The van der Waals surface area contributed by atoms with Gasteiger partial charge in [-0.15, -0.1) is 0 Å². The van der Waals surface area contributed by atoms with Crippen LogP contribution in [0.2, 0.25) is 0 Å². The van der Waals surface area contributed by atoms with Gasteiger partial charge in [0.15, 0.2) is 17.5 Å². The van der Waals surface area contributed by atoms with Crippen molar-refractivity contribution in [2.24, 2.45) is 0 Å². The molecule has 3 aromatic heterocycles. The van der Waals surface area contributed by atoms with Crippen LogP contribution in [-0.2, 0) is 0 Å². The summed E-state index contributed by atoms with van der Waals surface area (Å²) < 4.78 is 9.22. The van der Waals surface area contributed by atoms with Crippen LogP contribution in [-0.4, -0.2) is 26.1 Å². The summed E-state index contributed by atoms with van der Waals surface area (Å²) in [5.74, 6) is 1.78. The predicted molar refractivity (Wildman–Crippen MR) is 203 cm³/mol. The number of benzene rings is 6. The molecule has 4 heterocycles. The van der Waals surface area contributed by atoms with Gasteiger partial charge in [0.1, 0.15) is 11.2 Å². The summed E-state index contributed by atoms with van der Waals surface area (Å²) in [6, 6.07) is 48.1. The Labute approximate surface area is 287 Å². The molecule has 0 aliphatic carbocycles. The standard InChI is InChI=1S/C44H29N5O/c1-4-13-28(14-5-1)42-46-43(29-15-6-2-7-16-29)48-44(47-42)37-24-31(30-17-12-22-45-27-30)23-36-35-25-34-33-20-10-11-21-38(33)49(32-18-8-3-9-19-32)39(34)26-40(35)50-41(36)37/h1-26,45H,27H2. The minimum absolute atomic E-state index is 0.562. The van der Waals surface area contributed by atoms with Crippen LogP contribution in [0.1, 0.15) is 5.56 Å². The van der Waals surface area contributed by atoms with Crippen molar-refractivity contribution in [2.75, 3.05) is 6.54 Å². The largest absolute Gasteiger partial charge is 0.455 e. The zero-order valence-electron chi connectivity index (χ0n) is 26.9. The van der Waals surface area contributed by atoms with Crippen LogP contribution in [0.25, 0.3) is 89.2 Å². The van der Waals surface area contributed by atoms with Crippen molar-refractivity contribution < 1.29 is 4.42 Å². The first-order valence-corrected chi connectivity index (χ1v) is 16.7. The highest BCUT2D eigenvalue weighted by Gasteiger charge is 2.22. The minimum atomic E-state index is 0.562. The van der Waals surface area contributed by atoms with Crippen LogP contribution in [0.5, 0.6) is 0 Å². The lowest BCUT2D eigenvalue weighted by Gasteiger charge is -2.14. The normalized spacial score (nSPS) is 12.9. The number of rotatable bonds is 5. The van der Waals surface area contributed by atoms with Crippen molar-refractivity contribution in [3.05, 3.63) is 163 Å². The number of para-hydroxylation sites is 2. The summed E-state index contributed by atoms with van der Waals surface area (Å²) in [7, 11) is 0. The molecule has 1 aliphatic rings. The van der Waals surface area contributed by atoms with Crippen molar-refractivity contribution >= 4 is 49.3 Å². The molecule has 0 saturated heterocycles. The molecule has 0 unspecified atom stereocenters. The third-order valence-corrected chi connectivity index (χ3v) is 9.49. The monoisotopic (exact) mass is 643 g/mol. The number of dihydropyridines is 1. The zero-order chi connectivity index (χ0) is 33.0. The van der Waals surface area contributed by atoms with Gasteiger partial charge in [0.25, 0.3) is 0 Å². The number of nitrogens with one attached hydrogen (secondary N) is 1. The molecule has 1 aliphatic heterocycles. The Balaban J connectivity index is 1.29. The predicted octanol–water partition coefficient (Wildman–Crippen LogP) is 10.4. The molecule has 0 saturated carbocycles. The van der Waals surface area contributed by atoms with Crippen LogP contribution >= 0.6 is 0 Å². The van der Waals surface area contributed by atoms with E-state index in [4.69, 9.17) is 19.4 Å². The average Bonchev–Trinajstić information content (AvgIpc) is 3.72. The van der Waals surface area contributed by atoms with E-state index < -0.39 is 0 Å². The van der Waals surface area contributed by atoms with Crippen molar-refractivity contribution in [3.63, 3.8) is 0 Å². The fraction of sp³-hybridized carbons (Fsp3) is 0.0227. The van der Waals surface area contributed by atoms with E-state index in [1.54, 1.807) is 0 Å². The molecule has 0 atom stereocenters. The second-order valence-corrected chi connectivity index (χ2v) is 12.5. The molecule has 0 radical (unpaired) electrons. The second-order valence-electron chi connectivity index (χ2n) is 12.5. The Morgan fingerprint density at radius 1 is 0.540 bits per heavy atom. The fourth-order valence-electron chi connectivity index (χ4n) is 7.13. The average molecular weight is 644 g/mol. The molecule has 6 nitrogen and oxygen atoms in total. The summed E-state index contributed by atoms with van der Waals surface area (Å²) in [4.78, 5) is 15.2. The summed E-state index contributed by atoms with van der Waals surface area (Å²) in [5.41, 5.74) is 9.83. The van der Waals surface area contributed by atoms with Gasteiger partial charge < -0.3 is 14.3 Å². The minimum Gasteiger partial charge on any atom is -0.455 e. The van der Waals surface area contributed by atoms with Crippen LogP contribution in [0.3, 0.4) is 0 Å².